The first-order valence-corrected chi connectivity index (χ1v) is 12.5. The lowest BCUT2D eigenvalue weighted by Crippen LogP contribution is -2.33. The molecule has 3 heterocycles. The van der Waals surface area contributed by atoms with Crippen molar-refractivity contribution in [1.82, 2.24) is 19.5 Å². The van der Waals surface area contributed by atoms with Gasteiger partial charge in [-0.25, -0.2) is 4.98 Å². The van der Waals surface area contributed by atoms with E-state index in [2.05, 4.69) is 29.9 Å². The number of nitrogens with one attached hydrogen (secondary N) is 2. The second kappa shape index (κ2) is 9.49. The van der Waals surface area contributed by atoms with Crippen LogP contribution in [-0.2, 0) is 0 Å². The highest BCUT2D eigenvalue weighted by atomic mass is 32.2. The summed E-state index contributed by atoms with van der Waals surface area (Å²) in [4.78, 5) is 14.0. The Kier molecular flexibility index (Phi) is 6.43. The zero-order chi connectivity index (χ0) is 23.7. The Bertz CT molecular complexity index is 1120. The normalized spacial score (nSPS) is 23.2. The van der Waals surface area contributed by atoms with E-state index in [0.717, 1.165) is 49.3 Å². The Morgan fingerprint density at radius 3 is 2.50 bits per heavy atom. The van der Waals surface area contributed by atoms with Crippen LogP contribution >= 0.6 is 11.8 Å². The molecule has 2 aliphatic rings. The summed E-state index contributed by atoms with van der Waals surface area (Å²) in [5.74, 6) is 2.81. The molecule has 0 bridgehead atoms. The number of imidazole rings is 1. The maximum absolute atomic E-state index is 12.5. The molecule has 182 valence electrons. The van der Waals surface area contributed by atoms with Crippen LogP contribution in [0.1, 0.15) is 38.1 Å². The van der Waals surface area contributed by atoms with Crippen LogP contribution in [0.2, 0.25) is 0 Å². The fraction of sp³-hybridized carbons (Fsp3) is 0.500. The number of aromatic nitrogens is 4. The van der Waals surface area contributed by atoms with Gasteiger partial charge in [0.1, 0.15) is 5.75 Å². The molecule has 12 heteroatoms. The highest BCUT2D eigenvalue weighted by molar-refractivity contribution is 7.99. The SMILES string of the molecule is N[C@H]1CC[C@H](Nc2nc(Nc3ccc(OC(F)(F)F)cc3)c3ncn(C4CCSC4)c3n2)CC1. The summed E-state index contributed by atoms with van der Waals surface area (Å²) in [7, 11) is 0. The van der Waals surface area contributed by atoms with Crippen LogP contribution in [0.3, 0.4) is 0 Å². The fourth-order valence-corrected chi connectivity index (χ4v) is 5.60. The number of fused-ring (bicyclic) bond motifs is 1. The second-order valence-electron chi connectivity index (χ2n) is 8.69. The van der Waals surface area contributed by atoms with Crippen LogP contribution in [0.4, 0.5) is 30.6 Å². The lowest BCUT2D eigenvalue weighted by molar-refractivity contribution is -0.274. The van der Waals surface area contributed by atoms with Crippen LogP contribution in [0, 0.1) is 0 Å². The summed E-state index contributed by atoms with van der Waals surface area (Å²) in [5, 5.41) is 6.65. The van der Waals surface area contributed by atoms with E-state index in [4.69, 9.17) is 10.7 Å². The topological polar surface area (TPSA) is 103 Å². The van der Waals surface area contributed by atoms with E-state index in [1.54, 1.807) is 6.33 Å². The number of benzene rings is 1. The zero-order valence-corrected chi connectivity index (χ0v) is 19.2. The van der Waals surface area contributed by atoms with Gasteiger partial charge in [0, 0.05) is 29.6 Å². The van der Waals surface area contributed by atoms with Crippen LogP contribution in [0.25, 0.3) is 11.2 Å². The molecule has 4 N–H and O–H groups in total. The van der Waals surface area contributed by atoms with Crippen molar-refractivity contribution in [2.24, 2.45) is 5.73 Å². The van der Waals surface area contributed by atoms with Crippen molar-refractivity contribution in [2.45, 2.75) is 56.6 Å². The first-order chi connectivity index (χ1) is 16.3. The van der Waals surface area contributed by atoms with Gasteiger partial charge in [0.25, 0.3) is 0 Å². The van der Waals surface area contributed by atoms with Crippen LogP contribution in [0.5, 0.6) is 5.75 Å². The van der Waals surface area contributed by atoms with Gasteiger partial charge in [-0.15, -0.1) is 13.2 Å². The Morgan fingerprint density at radius 1 is 1.06 bits per heavy atom. The molecule has 1 saturated heterocycles. The largest absolute Gasteiger partial charge is 0.573 e. The minimum atomic E-state index is -4.73. The molecule has 5 rings (SSSR count). The summed E-state index contributed by atoms with van der Waals surface area (Å²) in [6.45, 7) is 0. The maximum Gasteiger partial charge on any atom is 0.573 e. The van der Waals surface area contributed by atoms with Crippen molar-refractivity contribution in [1.29, 1.82) is 0 Å². The molecule has 2 fully saturated rings. The van der Waals surface area contributed by atoms with Gasteiger partial charge in [-0.1, -0.05) is 0 Å². The van der Waals surface area contributed by atoms with Crippen LogP contribution < -0.4 is 21.1 Å². The van der Waals surface area contributed by atoms with Crippen LogP contribution in [0.15, 0.2) is 30.6 Å². The van der Waals surface area contributed by atoms with E-state index >= 15 is 0 Å². The van der Waals surface area contributed by atoms with Gasteiger partial charge in [0.05, 0.1) is 6.33 Å². The monoisotopic (exact) mass is 493 g/mol. The number of anilines is 3. The third-order valence-corrected chi connectivity index (χ3v) is 7.32. The summed E-state index contributed by atoms with van der Waals surface area (Å²) in [5.41, 5.74) is 7.95. The third-order valence-electron chi connectivity index (χ3n) is 6.18. The number of rotatable bonds is 6. The molecular formula is C22H26F3N7OS. The second-order valence-corrected chi connectivity index (χ2v) is 9.84. The van der Waals surface area contributed by atoms with E-state index < -0.39 is 6.36 Å². The molecule has 0 radical (unpaired) electrons. The summed E-state index contributed by atoms with van der Waals surface area (Å²) in [6.07, 6.45) is 1.92. The van der Waals surface area contributed by atoms with E-state index in [-0.39, 0.29) is 17.8 Å². The minimum Gasteiger partial charge on any atom is -0.406 e. The molecule has 1 atom stereocenters. The highest BCUT2D eigenvalue weighted by Crippen LogP contribution is 2.33. The lowest BCUT2D eigenvalue weighted by atomic mass is 9.92. The van der Waals surface area contributed by atoms with Crippen molar-refractivity contribution in [3.8, 4) is 5.75 Å². The van der Waals surface area contributed by atoms with Gasteiger partial charge < -0.3 is 25.7 Å². The number of hydrogen-bond donors (Lipinski definition) is 3. The average molecular weight is 494 g/mol. The predicted octanol–water partition coefficient (Wildman–Crippen LogP) is 4.83. The van der Waals surface area contributed by atoms with Gasteiger partial charge in [0.15, 0.2) is 17.0 Å². The molecule has 8 nitrogen and oxygen atoms in total. The zero-order valence-electron chi connectivity index (χ0n) is 18.4. The van der Waals surface area contributed by atoms with Gasteiger partial charge in [-0.2, -0.15) is 21.7 Å². The van der Waals surface area contributed by atoms with Crippen molar-refractivity contribution < 1.29 is 17.9 Å². The fourth-order valence-electron chi connectivity index (χ4n) is 4.40. The molecule has 1 aliphatic carbocycles. The Morgan fingerprint density at radius 2 is 1.82 bits per heavy atom. The van der Waals surface area contributed by atoms with Crippen molar-refractivity contribution in [2.75, 3.05) is 22.1 Å². The number of ether oxygens (including phenoxy) is 1. The van der Waals surface area contributed by atoms with E-state index in [0.29, 0.717) is 29.0 Å². The number of thioether (sulfide) groups is 1. The smallest absolute Gasteiger partial charge is 0.406 e. The van der Waals surface area contributed by atoms with Crippen LogP contribution in [-0.4, -0.2) is 49.5 Å². The van der Waals surface area contributed by atoms with Crippen molar-refractivity contribution >= 4 is 40.4 Å². The molecule has 1 saturated carbocycles. The highest BCUT2D eigenvalue weighted by Gasteiger charge is 2.31. The summed E-state index contributed by atoms with van der Waals surface area (Å²) >= 11 is 1.91. The standard InChI is InChI=1S/C22H26F3N7OS/c23-22(24,25)33-17-7-5-14(6-8-17)28-19-18-20(32(12-27-18)16-9-10-34-11-16)31-21(30-19)29-15-3-1-13(26)2-4-15/h5-8,12-13,15-16H,1-4,9-11,26H2,(H2,28,29,30,31)/t13-,15-,16?. The van der Waals surface area contributed by atoms with Crippen molar-refractivity contribution in [3.05, 3.63) is 30.6 Å². The number of alkyl halides is 3. The first kappa shape index (κ1) is 23.0. The summed E-state index contributed by atoms with van der Waals surface area (Å²) in [6, 6.07) is 6.33. The molecule has 1 aliphatic heterocycles. The van der Waals surface area contributed by atoms with E-state index in [1.807, 2.05) is 11.8 Å². The van der Waals surface area contributed by atoms with E-state index in [1.165, 1.54) is 24.3 Å². The van der Waals surface area contributed by atoms with Gasteiger partial charge in [0.2, 0.25) is 5.95 Å². The molecule has 0 amide bonds. The first-order valence-electron chi connectivity index (χ1n) is 11.3. The van der Waals surface area contributed by atoms with Gasteiger partial charge in [-0.3, -0.25) is 0 Å². The third kappa shape index (κ3) is 5.33. The minimum absolute atomic E-state index is 0.238. The lowest BCUT2D eigenvalue weighted by Gasteiger charge is -2.27. The Balaban J connectivity index is 1.44. The average Bonchev–Trinajstić information content (AvgIpc) is 3.46. The Labute approximate surface area is 198 Å². The molecule has 1 unspecified atom stereocenters. The van der Waals surface area contributed by atoms with E-state index in [9.17, 15) is 13.2 Å². The summed E-state index contributed by atoms with van der Waals surface area (Å²) < 4.78 is 43.5. The Hall–Kier alpha value is -2.73. The van der Waals surface area contributed by atoms with Crippen molar-refractivity contribution in [3.63, 3.8) is 0 Å². The predicted molar refractivity (Wildman–Crippen MR) is 127 cm³/mol. The van der Waals surface area contributed by atoms with Gasteiger partial charge >= 0.3 is 6.36 Å². The molecule has 1 aromatic carbocycles. The number of halogens is 3. The quantitative estimate of drug-likeness (QED) is 0.449. The molecule has 2 aromatic heterocycles. The molecule has 34 heavy (non-hydrogen) atoms. The maximum atomic E-state index is 12.5. The van der Waals surface area contributed by atoms with Gasteiger partial charge in [-0.05, 0) is 62.1 Å². The molecule has 0 spiro atoms. The molecule has 3 aromatic rings. The molecular weight excluding hydrogens is 467 g/mol. The number of nitrogens with two attached hydrogens (primary N) is 1. The number of nitrogens with zero attached hydrogens (tertiary/aromatic N) is 4. The number of hydrogen-bond acceptors (Lipinski definition) is 8.